The van der Waals surface area contributed by atoms with Gasteiger partial charge < -0.3 is 20.3 Å². The molecule has 2 aromatic heterocycles. The predicted molar refractivity (Wildman–Crippen MR) is 128 cm³/mol. The Morgan fingerprint density at radius 3 is 2.60 bits per heavy atom. The molecular weight excluding hydrogens is 446 g/mol. The Kier molecular flexibility index (Phi) is 5.31. The van der Waals surface area contributed by atoms with E-state index in [1.807, 2.05) is 0 Å². The number of nitrogen functional groups attached to an aromatic ring is 1. The molecular formula is C26H33N5O4. The summed E-state index contributed by atoms with van der Waals surface area (Å²) in [6.45, 7) is 1.55. The number of imidazole rings is 1. The van der Waals surface area contributed by atoms with Crippen LogP contribution >= 0.6 is 0 Å². The number of nitrogens with two attached hydrogens (primary N) is 1. The molecule has 186 valence electrons. The lowest BCUT2D eigenvalue weighted by atomic mass is 9.48. The van der Waals surface area contributed by atoms with Crippen molar-refractivity contribution in [2.45, 2.75) is 82.6 Å². The van der Waals surface area contributed by atoms with Crippen LogP contribution < -0.4 is 5.73 Å². The maximum atomic E-state index is 12.7. The molecule has 5 aliphatic rings. The number of aliphatic hydroxyl groups is 1. The quantitative estimate of drug-likeness (QED) is 0.479. The fourth-order valence-corrected chi connectivity index (χ4v) is 7.71. The highest BCUT2D eigenvalue weighted by Crippen LogP contribution is 2.61. The molecule has 35 heavy (non-hydrogen) atoms. The first kappa shape index (κ1) is 22.7. The minimum atomic E-state index is -1.43. The summed E-state index contributed by atoms with van der Waals surface area (Å²) < 4.78 is 13.4. The van der Waals surface area contributed by atoms with Crippen molar-refractivity contribution in [2.75, 3.05) is 12.3 Å². The molecule has 9 nitrogen and oxygen atoms in total. The van der Waals surface area contributed by atoms with Gasteiger partial charge in [-0.1, -0.05) is 5.92 Å². The lowest BCUT2D eigenvalue weighted by Gasteiger charge is -2.57. The Bertz CT molecular complexity index is 1170. The van der Waals surface area contributed by atoms with Gasteiger partial charge in [-0.15, -0.1) is 6.42 Å². The van der Waals surface area contributed by atoms with Crippen molar-refractivity contribution in [3.05, 3.63) is 12.2 Å². The average molecular weight is 480 g/mol. The summed E-state index contributed by atoms with van der Waals surface area (Å²) in [5.41, 5.74) is 5.83. The maximum absolute atomic E-state index is 12.7. The number of carbonyl (C=O) groups is 1. The van der Waals surface area contributed by atoms with Gasteiger partial charge in [-0.05, 0) is 75.0 Å². The number of anilines is 1. The fraction of sp³-hybridized carbons (Fsp3) is 0.692. The fourth-order valence-electron chi connectivity index (χ4n) is 7.71. The van der Waals surface area contributed by atoms with Crippen LogP contribution in [0.3, 0.4) is 0 Å². The highest BCUT2D eigenvalue weighted by molar-refractivity contribution is 5.81. The third kappa shape index (κ3) is 3.87. The molecule has 3 atom stereocenters. The van der Waals surface area contributed by atoms with Crippen molar-refractivity contribution in [3.63, 3.8) is 0 Å². The van der Waals surface area contributed by atoms with Gasteiger partial charge in [0.05, 0.1) is 6.33 Å². The van der Waals surface area contributed by atoms with Crippen molar-refractivity contribution >= 4 is 23.0 Å². The second-order valence-corrected chi connectivity index (χ2v) is 11.4. The molecule has 0 radical (unpaired) electrons. The van der Waals surface area contributed by atoms with Crippen LogP contribution in [0.15, 0.2) is 6.33 Å². The maximum Gasteiger partial charge on any atom is 0.305 e. The summed E-state index contributed by atoms with van der Waals surface area (Å²) in [5.74, 6) is 5.62. The van der Waals surface area contributed by atoms with Crippen LogP contribution in [0.2, 0.25) is 0 Å². The summed E-state index contributed by atoms with van der Waals surface area (Å²) in [5, 5.41) is 10.8. The van der Waals surface area contributed by atoms with E-state index >= 15 is 0 Å². The number of aromatic nitrogens is 4. The van der Waals surface area contributed by atoms with E-state index in [4.69, 9.17) is 21.6 Å². The van der Waals surface area contributed by atoms with Gasteiger partial charge in [-0.25, -0.2) is 15.0 Å². The second kappa shape index (κ2) is 8.17. The smallest absolute Gasteiger partial charge is 0.305 e. The number of aryl methyl sites for hydroxylation is 1. The third-order valence-electron chi connectivity index (χ3n) is 8.90. The largest absolute Gasteiger partial charge is 0.461 e. The van der Waals surface area contributed by atoms with E-state index in [9.17, 15) is 9.90 Å². The van der Waals surface area contributed by atoms with Gasteiger partial charge in [0.15, 0.2) is 17.1 Å². The number of hydrogen-bond donors (Lipinski definition) is 2. The highest BCUT2D eigenvalue weighted by atomic mass is 16.6. The third-order valence-corrected chi connectivity index (χ3v) is 8.90. The number of fused-ring (bicyclic) bond motifs is 1. The lowest BCUT2D eigenvalue weighted by Crippen LogP contribution is -2.46. The van der Waals surface area contributed by atoms with E-state index in [2.05, 4.69) is 20.9 Å². The topological polar surface area (TPSA) is 125 Å². The molecule has 4 aliphatic carbocycles. The zero-order chi connectivity index (χ0) is 24.4. The molecule has 2 aromatic rings. The van der Waals surface area contributed by atoms with Crippen LogP contribution in [0.1, 0.15) is 69.8 Å². The summed E-state index contributed by atoms with van der Waals surface area (Å²) >= 11 is 0. The first-order valence-electron chi connectivity index (χ1n) is 12.7. The van der Waals surface area contributed by atoms with Crippen LogP contribution in [0.25, 0.3) is 11.2 Å². The summed E-state index contributed by atoms with van der Waals surface area (Å²) in [7, 11) is 0. The van der Waals surface area contributed by atoms with Crippen LogP contribution in [0.5, 0.6) is 0 Å². The minimum Gasteiger partial charge on any atom is -0.461 e. The predicted octanol–water partition coefficient (Wildman–Crippen LogP) is 2.91. The number of aliphatic hydroxyl groups excluding tert-OH is 1. The van der Waals surface area contributed by atoms with E-state index in [1.165, 1.54) is 38.5 Å². The summed E-state index contributed by atoms with van der Waals surface area (Å²) in [4.78, 5) is 25.6. The molecule has 3 N–H and O–H groups in total. The minimum absolute atomic E-state index is 0.191. The van der Waals surface area contributed by atoms with Crippen LogP contribution in [0, 0.1) is 42.4 Å². The van der Waals surface area contributed by atoms with Gasteiger partial charge in [0.2, 0.25) is 0 Å². The van der Waals surface area contributed by atoms with Crippen molar-refractivity contribution in [1.82, 2.24) is 19.5 Å². The number of carbonyl (C=O) groups excluding carboxylic acids is 1. The molecule has 1 aliphatic heterocycles. The van der Waals surface area contributed by atoms with Gasteiger partial charge in [-0.2, -0.15) is 0 Å². The van der Waals surface area contributed by atoms with Crippen LogP contribution in [-0.4, -0.2) is 48.9 Å². The number of terminal acetylenes is 1. The molecule has 0 aromatic carbocycles. The molecule has 1 saturated heterocycles. The number of nitrogens with zero attached hydrogens (tertiary/aromatic N) is 4. The van der Waals surface area contributed by atoms with E-state index in [0.717, 1.165) is 24.2 Å². The van der Waals surface area contributed by atoms with E-state index in [1.54, 1.807) is 17.8 Å². The van der Waals surface area contributed by atoms with Gasteiger partial charge in [0.25, 0.3) is 0 Å². The van der Waals surface area contributed by atoms with Gasteiger partial charge >= 0.3 is 5.97 Å². The number of hydrogen-bond acceptors (Lipinski definition) is 8. The zero-order valence-corrected chi connectivity index (χ0v) is 20.2. The van der Waals surface area contributed by atoms with Crippen molar-refractivity contribution in [1.29, 1.82) is 0 Å². The summed E-state index contributed by atoms with van der Waals surface area (Å²) in [6, 6.07) is 0. The number of ether oxygens (including phenoxy) is 2. The first-order valence-corrected chi connectivity index (χ1v) is 12.7. The highest BCUT2D eigenvalue weighted by Gasteiger charge is 2.51. The Hall–Kier alpha value is -2.70. The molecule has 0 unspecified atom stereocenters. The molecule has 9 heteroatoms. The Balaban J connectivity index is 1.10. The van der Waals surface area contributed by atoms with Crippen molar-refractivity contribution in [3.8, 4) is 12.3 Å². The van der Waals surface area contributed by atoms with E-state index in [0.29, 0.717) is 28.8 Å². The average Bonchev–Trinajstić information content (AvgIpc) is 3.37. The normalized spacial score (nSPS) is 37.6. The monoisotopic (exact) mass is 479 g/mol. The molecule has 4 bridgehead atoms. The van der Waals surface area contributed by atoms with Gasteiger partial charge in [0.1, 0.15) is 30.3 Å². The van der Waals surface area contributed by atoms with Crippen LogP contribution in [0.4, 0.5) is 5.82 Å². The van der Waals surface area contributed by atoms with Gasteiger partial charge in [0, 0.05) is 12.8 Å². The molecule has 0 amide bonds. The number of esters is 1. The number of rotatable bonds is 6. The van der Waals surface area contributed by atoms with Crippen LogP contribution in [-0.2, 0) is 14.3 Å². The Labute approximate surface area is 204 Å². The van der Waals surface area contributed by atoms with Crippen molar-refractivity contribution in [2.24, 2.45) is 23.2 Å². The van der Waals surface area contributed by atoms with Crippen molar-refractivity contribution < 1.29 is 19.4 Å². The standard InChI is InChI=1S/C26H33N5O4/c1-3-26(13-34-21(33)4-5-25-10-16-6-17(11-25)8-18(7-16)12-25)19(32)9-20(35-26)31-14-28-22-23(27)29-15(2)30-24(22)31/h1,14,16-20,32H,4-13H2,2H3,(H2,27,29,30)/t16?,17?,18?,19-,20+,25?,26+/m0/s1. The SMILES string of the molecule is C#C[C@]1(COC(=O)CCC23CC4CC(CC(C4)C2)C3)O[C@@H](n2cnc3c(N)nc(C)nc32)C[C@@H]1O. The Morgan fingerprint density at radius 1 is 1.26 bits per heavy atom. The molecule has 4 saturated carbocycles. The second-order valence-electron chi connectivity index (χ2n) is 11.4. The molecule has 5 fully saturated rings. The lowest BCUT2D eigenvalue weighted by molar-refractivity contribution is -0.158. The van der Waals surface area contributed by atoms with E-state index < -0.39 is 17.9 Å². The molecule has 3 heterocycles. The van der Waals surface area contributed by atoms with E-state index in [-0.39, 0.29) is 24.8 Å². The van der Waals surface area contributed by atoms with Gasteiger partial charge in [-0.3, -0.25) is 9.36 Å². The zero-order valence-electron chi connectivity index (χ0n) is 20.2. The molecule has 7 rings (SSSR count). The summed E-state index contributed by atoms with van der Waals surface area (Å²) in [6.07, 6.45) is 15.1. The Morgan fingerprint density at radius 2 is 1.94 bits per heavy atom. The first-order chi connectivity index (χ1) is 16.8. The molecule has 0 spiro atoms.